The van der Waals surface area contributed by atoms with Gasteiger partial charge in [0.15, 0.2) is 0 Å². The van der Waals surface area contributed by atoms with Gasteiger partial charge >= 0.3 is 0 Å². The van der Waals surface area contributed by atoms with Crippen molar-refractivity contribution in [1.29, 1.82) is 0 Å². The largest absolute Gasteiger partial charge is 0.378 e. The number of morpholine rings is 1. The molecule has 1 amide bonds. The van der Waals surface area contributed by atoms with Crippen molar-refractivity contribution in [2.24, 2.45) is 5.92 Å². The number of amides is 1. The summed E-state index contributed by atoms with van der Waals surface area (Å²) in [7, 11) is 0. The molecular weight excluding hydrogens is 316 g/mol. The van der Waals surface area contributed by atoms with Crippen LogP contribution in [0.25, 0.3) is 0 Å². The van der Waals surface area contributed by atoms with Crippen molar-refractivity contribution in [3.8, 4) is 0 Å². The molecule has 2 fully saturated rings. The highest BCUT2D eigenvalue weighted by Gasteiger charge is 2.27. The Balaban J connectivity index is 1.45. The average Bonchev–Trinajstić information content (AvgIpc) is 2.68. The van der Waals surface area contributed by atoms with E-state index in [0.717, 1.165) is 32.4 Å². The number of ether oxygens (including phenoxy) is 1. The highest BCUT2D eigenvalue weighted by molar-refractivity contribution is 5.82. The maximum atomic E-state index is 12.6. The molecule has 0 N–H and O–H groups in total. The van der Waals surface area contributed by atoms with Crippen molar-refractivity contribution in [2.45, 2.75) is 25.7 Å². The van der Waals surface area contributed by atoms with E-state index in [4.69, 9.17) is 4.74 Å². The number of hydrogen-bond donors (Lipinski definition) is 0. The fraction of sp³-hybridized carbons (Fsp3) is 0.600. The summed E-state index contributed by atoms with van der Waals surface area (Å²) in [5.74, 6) is 0.586. The molecule has 1 aromatic carbocycles. The summed E-state index contributed by atoms with van der Waals surface area (Å²) in [6.45, 7) is 4.71. The minimum atomic E-state index is 0.0787. The van der Waals surface area contributed by atoms with Crippen LogP contribution in [0.5, 0.6) is 0 Å². The van der Waals surface area contributed by atoms with Crippen LogP contribution in [-0.2, 0) is 20.7 Å². The van der Waals surface area contributed by atoms with Gasteiger partial charge in [-0.1, -0.05) is 30.3 Å². The highest BCUT2D eigenvalue weighted by atomic mass is 16.5. The van der Waals surface area contributed by atoms with E-state index in [-0.39, 0.29) is 11.8 Å². The third kappa shape index (κ3) is 5.38. The molecule has 136 valence electrons. The standard InChI is InChI=1S/C20H28N2O3/c23-19(9-8-17-5-2-1-3-6-17)18-7-4-10-21(15-18)16-20(24)22-11-13-25-14-12-22/h1-3,5-6,18H,4,7-16H2/t18-/m0/s1. The van der Waals surface area contributed by atoms with Crippen molar-refractivity contribution >= 4 is 11.7 Å². The summed E-state index contributed by atoms with van der Waals surface area (Å²) in [4.78, 5) is 29.0. The number of aryl methyl sites for hydroxylation is 1. The van der Waals surface area contributed by atoms with Crippen LogP contribution >= 0.6 is 0 Å². The molecule has 0 radical (unpaired) electrons. The Hall–Kier alpha value is -1.72. The van der Waals surface area contributed by atoms with Gasteiger partial charge in [0.1, 0.15) is 5.78 Å². The molecule has 2 aliphatic heterocycles. The summed E-state index contributed by atoms with van der Waals surface area (Å²) >= 11 is 0. The molecule has 0 aliphatic carbocycles. The Morgan fingerprint density at radius 3 is 2.60 bits per heavy atom. The van der Waals surface area contributed by atoms with Crippen LogP contribution in [0.1, 0.15) is 24.8 Å². The van der Waals surface area contributed by atoms with Crippen molar-refractivity contribution in [3.63, 3.8) is 0 Å². The van der Waals surface area contributed by atoms with Crippen LogP contribution in [0.2, 0.25) is 0 Å². The molecule has 0 saturated carbocycles. The number of carbonyl (C=O) groups excluding carboxylic acids is 2. The van der Waals surface area contributed by atoms with Gasteiger partial charge in [0, 0.05) is 32.0 Å². The van der Waals surface area contributed by atoms with Crippen molar-refractivity contribution in [2.75, 3.05) is 45.9 Å². The first-order chi connectivity index (χ1) is 12.2. The second kappa shape index (κ2) is 9.11. The van der Waals surface area contributed by atoms with E-state index < -0.39 is 0 Å². The highest BCUT2D eigenvalue weighted by Crippen LogP contribution is 2.20. The zero-order chi connectivity index (χ0) is 17.5. The minimum Gasteiger partial charge on any atom is -0.378 e. The van der Waals surface area contributed by atoms with Gasteiger partial charge in [-0.2, -0.15) is 0 Å². The van der Waals surface area contributed by atoms with E-state index in [1.165, 1.54) is 5.56 Å². The quantitative estimate of drug-likeness (QED) is 0.789. The lowest BCUT2D eigenvalue weighted by Gasteiger charge is -2.34. The van der Waals surface area contributed by atoms with E-state index in [1.807, 2.05) is 23.1 Å². The van der Waals surface area contributed by atoms with Crippen molar-refractivity contribution in [3.05, 3.63) is 35.9 Å². The summed E-state index contributed by atoms with van der Waals surface area (Å²) in [5, 5.41) is 0. The maximum Gasteiger partial charge on any atom is 0.236 e. The SMILES string of the molecule is O=C(CCc1ccccc1)[C@H]1CCCN(CC(=O)N2CCOCC2)C1. The van der Waals surface area contributed by atoms with Crippen LogP contribution in [0, 0.1) is 5.92 Å². The van der Waals surface area contributed by atoms with E-state index in [9.17, 15) is 9.59 Å². The number of Topliss-reactive ketones (excluding diaryl/α,β-unsaturated/α-hetero) is 1. The fourth-order valence-electron chi connectivity index (χ4n) is 3.68. The second-order valence-corrected chi connectivity index (χ2v) is 7.02. The van der Waals surface area contributed by atoms with Gasteiger partial charge in [-0.25, -0.2) is 0 Å². The van der Waals surface area contributed by atoms with Crippen molar-refractivity contribution in [1.82, 2.24) is 9.80 Å². The van der Waals surface area contributed by atoms with Crippen LogP contribution in [0.3, 0.4) is 0 Å². The summed E-state index contributed by atoms with van der Waals surface area (Å²) < 4.78 is 5.30. The topological polar surface area (TPSA) is 49.9 Å². The zero-order valence-corrected chi connectivity index (χ0v) is 14.9. The average molecular weight is 344 g/mol. The molecule has 25 heavy (non-hydrogen) atoms. The number of likely N-dealkylation sites (tertiary alicyclic amines) is 1. The normalized spacial score (nSPS) is 21.9. The van der Waals surface area contributed by atoms with E-state index >= 15 is 0 Å². The van der Waals surface area contributed by atoms with Gasteiger partial charge in [-0.05, 0) is 31.4 Å². The predicted molar refractivity (Wildman–Crippen MR) is 96.3 cm³/mol. The van der Waals surface area contributed by atoms with Gasteiger partial charge in [0.05, 0.1) is 19.8 Å². The Labute approximate surface area is 149 Å². The Bertz CT molecular complexity index is 570. The molecule has 3 rings (SSSR count). The van der Waals surface area contributed by atoms with Gasteiger partial charge in [0.25, 0.3) is 0 Å². The number of ketones is 1. The monoisotopic (exact) mass is 344 g/mol. The van der Waals surface area contributed by atoms with Crippen LogP contribution in [-0.4, -0.2) is 67.4 Å². The first kappa shape index (κ1) is 18.1. The first-order valence-corrected chi connectivity index (χ1v) is 9.37. The fourth-order valence-corrected chi connectivity index (χ4v) is 3.68. The molecule has 0 bridgehead atoms. The number of hydrogen-bond acceptors (Lipinski definition) is 4. The zero-order valence-electron chi connectivity index (χ0n) is 14.9. The summed E-state index contributed by atoms with van der Waals surface area (Å²) in [5.41, 5.74) is 1.21. The number of piperidine rings is 1. The van der Waals surface area contributed by atoms with Crippen LogP contribution < -0.4 is 0 Å². The van der Waals surface area contributed by atoms with E-state index in [2.05, 4.69) is 17.0 Å². The molecule has 1 atom stereocenters. The van der Waals surface area contributed by atoms with E-state index in [1.54, 1.807) is 0 Å². The van der Waals surface area contributed by atoms with Crippen LogP contribution in [0.4, 0.5) is 0 Å². The number of nitrogens with zero attached hydrogens (tertiary/aromatic N) is 2. The maximum absolute atomic E-state index is 12.6. The van der Waals surface area contributed by atoms with Gasteiger partial charge in [-0.15, -0.1) is 0 Å². The summed E-state index contributed by atoms with van der Waals surface area (Å²) in [6, 6.07) is 10.2. The second-order valence-electron chi connectivity index (χ2n) is 7.02. The third-order valence-electron chi connectivity index (χ3n) is 5.19. The van der Waals surface area contributed by atoms with Crippen molar-refractivity contribution < 1.29 is 14.3 Å². The van der Waals surface area contributed by atoms with Gasteiger partial charge < -0.3 is 9.64 Å². The lowest BCUT2D eigenvalue weighted by molar-refractivity contribution is -0.137. The Kier molecular flexibility index (Phi) is 6.59. The predicted octanol–water partition coefficient (Wildman–Crippen LogP) is 1.76. The molecule has 2 heterocycles. The molecule has 5 nitrogen and oxygen atoms in total. The number of carbonyl (C=O) groups is 2. The smallest absolute Gasteiger partial charge is 0.236 e. The first-order valence-electron chi connectivity index (χ1n) is 9.37. The Morgan fingerprint density at radius 1 is 1.08 bits per heavy atom. The van der Waals surface area contributed by atoms with Gasteiger partial charge in [0.2, 0.25) is 5.91 Å². The minimum absolute atomic E-state index is 0.0787. The molecular formula is C20H28N2O3. The lowest BCUT2D eigenvalue weighted by Crippen LogP contribution is -2.48. The Morgan fingerprint density at radius 2 is 1.84 bits per heavy atom. The molecule has 1 aromatic rings. The molecule has 0 aromatic heterocycles. The molecule has 5 heteroatoms. The molecule has 2 aliphatic rings. The molecule has 2 saturated heterocycles. The number of benzene rings is 1. The van der Waals surface area contributed by atoms with E-state index in [0.29, 0.717) is 45.1 Å². The third-order valence-corrected chi connectivity index (χ3v) is 5.19. The molecule has 0 unspecified atom stereocenters. The van der Waals surface area contributed by atoms with Crippen LogP contribution in [0.15, 0.2) is 30.3 Å². The van der Waals surface area contributed by atoms with Gasteiger partial charge in [-0.3, -0.25) is 14.5 Å². The number of rotatable bonds is 6. The lowest BCUT2D eigenvalue weighted by atomic mass is 9.90. The molecule has 0 spiro atoms. The summed E-state index contributed by atoms with van der Waals surface area (Å²) in [6.07, 6.45) is 3.36.